The van der Waals surface area contributed by atoms with Crippen molar-refractivity contribution in [3.63, 3.8) is 0 Å². The van der Waals surface area contributed by atoms with Crippen LogP contribution in [0.2, 0.25) is 0 Å². The summed E-state index contributed by atoms with van der Waals surface area (Å²) in [6, 6.07) is 8.16. The third kappa shape index (κ3) is 8.88. The third-order valence-corrected chi connectivity index (χ3v) is 6.67. The minimum absolute atomic E-state index is 0.0209. The number of esters is 2. The van der Waals surface area contributed by atoms with Crippen LogP contribution in [0.1, 0.15) is 73.8 Å². The molecule has 1 aromatic carbocycles. The summed E-state index contributed by atoms with van der Waals surface area (Å²) >= 11 is -0.969. The molecular formula is C28H39MoNO4. The van der Waals surface area contributed by atoms with Crippen molar-refractivity contribution < 1.29 is 37.0 Å². The summed E-state index contributed by atoms with van der Waals surface area (Å²) in [5.74, 6) is 1.22. The second-order valence-corrected chi connectivity index (χ2v) is 11.8. The van der Waals surface area contributed by atoms with Crippen LogP contribution in [0.5, 0.6) is 0 Å². The molecule has 0 atom stereocenters. The van der Waals surface area contributed by atoms with Crippen molar-refractivity contribution in [2.45, 2.75) is 73.6 Å². The fourth-order valence-corrected chi connectivity index (χ4v) is 5.02. The van der Waals surface area contributed by atoms with E-state index in [-0.39, 0.29) is 36.9 Å². The normalized spacial score (nSPS) is 12.4. The first-order valence-corrected chi connectivity index (χ1v) is 13.7. The van der Waals surface area contributed by atoms with Crippen molar-refractivity contribution in [3.8, 4) is 12.3 Å². The number of carbonyl (C=O) groups is 2. The number of terminal acetylenes is 1. The summed E-state index contributed by atoms with van der Waals surface area (Å²) in [4.78, 5) is 26.1. The zero-order valence-corrected chi connectivity index (χ0v) is 23.9. The van der Waals surface area contributed by atoms with Crippen LogP contribution in [-0.2, 0) is 42.4 Å². The third-order valence-electron chi connectivity index (χ3n) is 4.93. The average Bonchev–Trinajstić information content (AvgIpc) is 2.72. The van der Waals surface area contributed by atoms with E-state index in [1.807, 2.05) is 18.2 Å². The Hall–Kier alpha value is -2.18. The molecule has 0 bridgehead atoms. The van der Waals surface area contributed by atoms with E-state index in [0.29, 0.717) is 0 Å². The van der Waals surface area contributed by atoms with Gasteiger partial charge in [-0.15, -0.1) is 0 Å². The Morgan fingerprint density at radius 2 is 1.59 bits per heavy atom. The summed E-state index contributed by atoms with van der Waals surface area (Å²) in [5.41, 5.74) is 1.26. The van der Waals surface area contributed by atoms with Crippen molar-refractivity contribution in [3.05, 3.63) is 41.5 Å². The Morgan fingerprint density at radius 3 is 2.06 bits per heavy atom. The molecule has 0 aliphatic rings. The van der Waals surface area contributed by atoms with Gasteiger partial charge in [0.2, 0.25) is 0 Å². The van der Waals surface area contributed by atoms with Crippen LogP contribution in [0, 0.1) is 23.2 Å². The molecule has 0 N–H and O–H groups in total. The van der Waals surface area contributed by atoms with E-state index in [1.165, 1.54) is 5.56 Å². The number of nitrogens with zero attached hydrogens (tertiary/aromatic N) is 1. The van der Waals surface area contributed by atoms with Crippen molar-refractivity contribution in [1.82, 2.24) is 0 Å². The first-order valence-electron chi connectivity index (χ1n) is 11.6. The van der Waals surface area contributed by atoms with Gasteiger partial charge in [0.1, 0.15) is 0 Å². The Kier molecular flexibility index (Phi) is 11.5. The van der Waals surface area contributed by atoms with Crippen molar-refractivity contribution in [2.75, 3.05) is 13.2 Å². The topological polar surface area (TPSA) is 65.0 Å². The fraction of sp³-hybridized carbons (Fsp3) is 0.536. The van der Waals surface area contributed by atoms with Gasteiger partial charge in [-0.2, -0.15) is 0 Å². The van der Waals surface area contributed by atoms with E-state index in [2.05, 4.69) is 64.0 Å². The molecule has 0 saturated heterocycles. The molecule has 5 nitrogen and oxygen atoms in total. The predicted molar refractivity (Wildman–Crippen MR) is 135 cm³/mol. The van der Waals surface area contributed by atoms with Crippen molar-refractivity contribution >= 4 is 22.0 Å². The second kappa shape index (κ2) is 13.1. The number of ether oxygens (including phenoxy) is 2. The van der Waals surface area contributed by atoms with Crippen LogP contribution in [0.15, 0.2) is 39.4 Å². The first kappa shape index (κ1) is 29.8. The van der Waals surface area contributed by atoms with Gasteiger partial charge in [0.05, 0.1) is 0 Å². The van der Waals surface area contributed by atoms with Gasteiger partial charge in [0, 0.05) is 0 Å². The Labute approximate surface area is 213 Å². The van der Waals surface area contributed by atoms with E-state index in [9.17, 15) is 9.59 Å². The molecule has 186 valence electrons. The molecule has 0 saturated carbocycles. The van der Waals surface area contributed by atoms with Gasteiger partial charge in [-0.1, -0.05) is 0 Å². The maximum absolute atomic E-state index is 13.1. The standard InChI is InChI=1S/C18H26O4.C10H13N.Mo/c1-8-11-18(15(19)21-9-2,16(20)22-10-3)13-14(4)12-17(5,6)7;1-10(2,3)8-6-4-5-7-9(8)11;/h1,4,12H,9-11,13H2,2-3,5-7H3;4-7H,1-3H3;/b14-12+;;. The van der Waals surface area contributed by atoms with Crippen LogP contribution >= 0.6 is 0 Å². The zero-order valence-electron chi connectivity index (χ0n) is 21.9. The summed E-state index contributed by atoms with van der Waals surface area (Å²) < 4.78 is 17.6. The van der Waals surface area contributed by atoms with Crippen molar-refractivity contribution in [1.29, 1.82) is 0 Å². The van der Waals surface area contributed by atoms with Crippen LogP contribution in [-0.4, -0.2) is 29.6 Å². The Bertz CT molecular complexity index is 978. The molecule has 1 rings (SSSR count). The number of rotatable bonds is 9. The molecule has 0 radical (unpaired) electrons. The SMILES string of the molecule is C#CCC(C/C([CH]=[Mo]=[N]c1ccccc1C(C)(C)C)=C/C(C)(C)C)(C(=O)OCC)C(=O)OCC. The number of benzene rings is 1. The fourth-order valence-electron chi connectivity index (χ4n) is 3.52. The Morgan fingerprint density at radius 1 is 1.03 bits per heavy atom. The van der Waals surface area contributed by atoms with Crippen LogP contribution in [0.3, 0.4) is 0 Å². The van der Waals surface area contributed by atoms with Crippen LogP contribution in [0.4, 0.5) is 5.69 Å². The van der Waals surface area contributed by atoms with Gasteiger partial charge in [-0.25, -0.2) is 0 Å². The molecule has 0 heterocycles. The molecule has 0 aliphatic carbocycles. The molecule has 0 aliphatic heterocycles. The minimum atomic E-state index is -1.58. The molecule has 0 aromatic heterocycles. The van der Waals surface area contributed by atoms with E-state index >= 15 is 0 Å². The first-order chi connectivity index (χ1) is 15.8. The van der Waals surface area contributed by atoms with Gasteiger partial charge >= 0.3 is 214 Å². The van der Waals surface area contributed by atoms with E-state index in [4.69, 9.17) is 19.4 Å². The molecule has 0 fully saturated rings. The van der Waals surface area contributed by atoms with Gasteiger partial charge in [0.25, 0.3) is 0 Å². The van der Waals surface area contributed by atoms with Gasteiger partial charge in [-0.05, 0) is 0 Å². The van der Waals surface area contributed by atoms with Gasteiger partial charge < -0.3 is 0 Å². The summed E-state index contributed by atoms with van der Waals surface area (Å²) in [7, 11) is 0. The molecule has 34 heavy (non-hydrogen) atoms. The van der Waals surface area contributed by atoms with E-state index < -0.39 is 35.3 Å². The predicted octanol–water partition coefficient (Wildman–Crippen LogP) is 6.18. The molecule has 1 aromatic rings. The second-order valence-electron chi connectivity index (χ2n) is 10.2. The quantitative estimate of drug-likeness (QED) is 0.160. The number of carbonyl (C=O) groups excluding carboxylic acids is 2. The van der Waals surface area contributed by atoms with E-state index in [1.54, 1.807) is 13.8 Å². The molecule has 0 amide bonds. The van der Waals surface area contributed by atoms with Gasteiger partial charge in [-0.3, -0.25) is 0 Å². The van der Waals surface area contributed by atoms with E-state index in [0.717, 1.165) is 11.3 Å². The van der Waals surface area contributed by atoms with Gasteiger partial charge in [0.15, 0.2) is 0 Å². The summed E-state index contributed by atoms with van der Waals surface area (Å²) in [6.45, 7) is 16.5. The molecular weight excluding hydrogens is 510 g/mol. The summed E-state index contributed by atoms with van der Waals surface area (Å²) in [6.07, 6.45) is 7.72. The molecule has 6 heteroatoms. The average molecular weight is 550 g/mol. The molecule has 0 unspecified atom stereocenters. The van der Waals surface area contributed by atoms with Crippen LogP contribution in [0.25, 0.3) is 0 Å². The Balaban J connectivity index is 3.60. The van der Waals surface area contributed by atoms with Crippen LogP contribution < -0.4 is 0 Å². The number of allylic oxidation sites excluding steroid dienone is 2. The molecule has 0 spiro atoms. The number of hydrogen-bond acceptors (Lipinski definition) is 5. The monoisotopic (exact) mass is 551 g/mol. The van der Waals surface area contributed by atoms with Crippen molar-refractivity contribution in [2.24, 2.45) is 14.3 Å². The zero-order chi connectivity index (χ0) is 26.0. The maximum atomic E-state index is 13.1. The number of hydrogen-bond donors (Lipinski definition) is 0. The summed E-state index contributed by atoms with van der Waals surface area (Å²) in [5, 5.41) is 0.